The molecule has 0 aliphatic carbocycles. The number of aliphatic imine (C=N–C) groups is 1. The van der Waals surface area contributed by atoms with Crippen molar-refractivity contribution >= 4 is 23.0 Å². The number of aromatic nitrogens is 1. The molecule has 2 heterocycles. The van der Waals surface area contributed by atoms with Gasteiger partial charge in [0.1, 0.15) is 24.0 Å². The summed E-state index contributed by atoms with van der Waals surface area (Å²) in [4.78, 5) is 4.30. The lowest BCUT2D eigenvalue weighted by Crippen LogP contribution is -2.25. The highest BCUT2D eigenvalue weighted by atomic mass is 16.5. The molecule has 1 aliphatic heterocycles. The van der Waals surface area contributed by atoms with Crippen molar-refractivity contribution in [3.63, 3.8) is 0 Å². The van der Waals surface area contributed by atoms with Crippen molar-refractivity contribution in [1.29, 1.82) is 0 Å². The Balaban J connectivity index is 1.88. The normalized spacial score (nSPS) is 15.9. The topological polar surface area (TPSA) is 85.7 Å². The van der Waals surface area contributed by atoms with Crippen LogP contribution in [0.5, 0.6) is 5.75 Å². The summed E-state index contributed by atoms with van der Waals surface area (Å²) in [6.07, 6.45) is 0. The third-order valence-electron chi connectivity index (χ3n) is 2.51. The van der Waals surface area contributed by atoms with Crippen molar-refractivity contribution in [1.82, 2.24) is 5.16 Å². The molecule has 0 radical (unpaired) electrons. The molecule has 1 aromatic carbocycles. The zero-order valence-electron chi connectivity index (χ0n) is 9.80. The van der Waals surface area contributed by atoms with E-state index >= 15 is 0 Å². The number of ether oxygens (including phenoxy) is 1. The second kappa shape index (κ2) is 4.06. The van der Waals surface area contributed by atoms with Crippen molar-refractivity contribution in [3.8, 4) is 5.75 Å². The SMILES string of the molecule is Cc1cc(N=C2COc3ccc(N)cc3N2)no1. The van der Waals surface area contributed by atoms with Crippen LogP contribution in [-0.2, 0) is 0 Å². The van der Waals surface area contributed by atoms with Crippen LogP contribution in [0.15, 0.2) is 33.8 Å². The zero-order valence-corrected chi connectivity index (χ0v) is 9.80. The zero-order chi connectivity index (χ0) is 12.5. The summed E-state index contributed by atoms with van der Waals surface area (Å²) >= 11 is 0. The number of hydrogen-bond acceptors (Lipinski definition) is 5. The van der Waals surface area contributed by atoms with Crippen LogP contribution in [-0.4, -0.2) is 17.6 Å². The standard InChI is InChI=1S/C12H12N4O2/c1-7-4-11(16-18-7)15-12-6-17-10-3-2-8(13)5-9(10)14-12/h2-5H,6,13H2,1H3,(H,14,15,16). The predicted octanol–water partition coefficient (Wildman–Crippen LogP) is 2.10. The molecule has 1 aliphatic rings. The van der Waals surface area contributed by atoms with E-state index in [4.69, 9.17) is 15.0 Å². The van der Waals surface area contributed by atoms with Gasteiger partial charge < -0.3 is 20.3 Å². The molecule has 0 fully saturated rings. The Kier molecular flexibility index (Phi) is 2.40. The molecule has 3 rings (SSSR count). The van der Waals surface area contributed by atoms with Crippen LogP contribution in [0.3, 0.4) is 0 Å². The van der Waals surface area contributed by atoms with Gasteiger partial charge >= 0.3 is 0 Å². The lowest BCUT2D eigenvalue weighted by atomic mass is 10.2. The van der Waals surface area contributed by atoms with Gasteiger partial charge in [-0.25, -0.2) is 4.99 Å². The number of benzene rings is 1. The molecule has 2 aromatic rings. The van der Waals surface area contributed by atoms with E-state index in [9.17, 15) is 0 Å². The number of amidine groups is 1. The summed E-state index contributed by atoms with van der Waals surface area (Å²) in [5.74, 6) is 2.67. The van der Waals surface area contributed by atoms with Crippen LogP contribution in [0.2, 0.25) is 0 Å². The first-order valence-electron chi connectivity index (χ1n) is 5.51. The van der Waals surface area contributed by atoms with Gasteiger partial charge in [0.2, 0.25) is 0 Å². The van der Waals surface area contributed by atoms with Crippen LogP contribution in [0.1, 0.15) is 5.76 Å². The molecule has 0 atom stereocenters. The minimum Gasteiger partial charge on any atom is -0.484 e. The first kappa shape index (κ1) is 10.6. The maximum atomic E-state index is 5.72. The quantitative estimate of drug-likeness (QED) is 0.750. The Bertz CT molecular complexity index is 618. The highest BCUT2D eigenvalue weighted by molar-refractivity contribution is 6.01. The summed E-state index contributed by atoms with van der Waals surface area (Å²) in [5.41, 5.74) is 7.20. The second-order valence-corrected chi connectivity index (χ2v) is 4.02. The van der Waals surface area contributed by atoms with Crippen molar-refractivity contribution < 1.29 is 9.26 Å². The highest BCUT2D eigenvalue weighted by Gasteiger charge is 2.15. The van der Waals surface area contributed by atoms with Crippen LogP contribution in [0, 0.1) is 6.92 Å². The molecular formula is C12H12N4O2. The van der Waals surface area contributed by atoms with Gasteiger partial charge in [-0.2, -0.15) is 0 Å². The summed E-state index contributed by atoms with van der Waals surface area (Å²) in [7, 11) is 0. The number of nitrogens with two attached hydrogens (primary N) is 1. The molecule has 0 bridgehead atoms. The van der Waals surface area contributed by atoms with Crippen LogP contribution < -0.4 is 15.8 Å². The molecule has 0 saturated carbocycles. The largest absolute Gasteiger partial charge is 0.484 e. The van der Waals surface area contributed by atoms with E-state index in [0.717, 1.165) is 17.2 Å². The number of fused-ring (bicyclic) bond motifs is 1. The average Bonchev–Trinajstić information content (AvgIpc) is 2.74. The summed E-state index contributed by atoms with van der Waals surface area (Å²) in [5, 5.41) is 6.96. The summed E-state index contributed by atoms with van der Waals surface area (Å²) in [6, 6.07) is 7.18. The Morgan fingerprint density at radius 2 is 2.28 bits per heavy atom. The second-order valence-electron chi connectivity index (χ2n) is 4.02. The van der Waals surface area contributed by atoms with Gasteiger partial charge in [0.05, 0.1) is 5.69 Å². The Hall–Kier alpha value is -2.50. The van der Waals surface area contributed by atoms with E-state index in [-0.39, 0.29) is 0 Å². The molecule has 0 spiro atoms. The molecule has 0 saturated heterocycles. The highest BCUT2D eigenvalue weighted by Crippen LogP contribution is 2.29. The number of nitrogen functional groups attached to an aromatic ring is 1. The molecule has 6 nitrogen and oxygen atoms in total. The monoisotopic (exact) mass is 244 g/mol. The van der Waals surface area contributed by atoms with Crippen molar-refractivity contribution in [2.24, 2.45) is 4.99 Å². The van der Waals surface area contributed by atoms with Crippen molar-refractivity contribution in [2.75, 3.05) is 17.7 Å². The average molecular weight is 244 g/mol. The number of nitrogens with zero attached hydrogens (tertiary/aromatic N) is 2. The van der Waals surface area contributed by atoms with Gasteiger partial charge in [-0.3, -0.25) is 0 Å². The molecule has 1 aromatic heterocycles. The van der Waals surface area contributed by atoms with Gasteiger partial charge in [-0.1, -0.05) is 5.16 Å². The van der Waals surface area contributed by atoms with Gasteiger partial charge in [0.15, 0.2) is 5.82 Å². The maximum absolute atomic E-state index is 5.72. The molecule has 0 amide bonds. The minimum atomic E-state index is 0.364. The number of rotatable bonds is 1. The fourth-order valence-electron chi connectivity index (χ4n) is 1.71. The van der Waals surface area contributed by atoms with Crippen molar-refractivity contribution in [3.05, 3.63) is 30.0 Å². The van der Waals surface area contributed by atoms with Gasteiger partial charge in [-0.05, 0) is 25.1 Å². The lowest BCUT2D eigenvalue weighted by molar-refractivity contribution is 0.372. The Morgan fingerprint density at radius 1 is 1.39 bits per heavy atom. The van der Waals surface area contributed by atoms with Gasteiger partial charge in [0.25, 0.3) is 0 Å². The Morgan fingerprint density at radius 3 is 3.06 bits per heavy atom. The van der Waals surface area contributed by atoms with E-state index in [1.165, 1.54) is 0 Å². The molecular weight excluding hydrogens is 232 g/mol. The smallest absolute Gasteiger partial charge is 0.197 e. The number of hydrogen-bond donors (Lipinski definition) is 2. The summed E-state index contributed by atoms with van der Waals surface area (Å²) in [6.45, 7) is 2.18. The lowest BCUT2D eigenvalue weighted by Gasteiger charge is -2.20. The fraction of sp³-hybridized carbons (Fsp3) is 0.167. The predicted molar refractivity (Wildman–Crippen MR) is 68.3 cm³/mol. The van der Waals surface area contributed by atoms with Crippen molar-refractivity contribution in [2.45, 2.75) is 6.92 Å². The molecule has 6 heteroatoms. The third kappa shape index (κ3) is 2.00. The van der Waals surface area contributed by atoms with E-state index < -0.39 is 0 Å². The van der Waals surface area contributed by atoms with E-state index in [0.29, 0.717) is 23.9 Å². The van der Waals surface area contributed by atoms with E-state index in [1.54, 1.807) is 18.2 Å². The van der Waals surface area contributed by atoms with Gasteiger partial charge in [-0.15, -0.1) is 0 Å². The molecule has 92 valence electrons. The minimum absolute atomic E-state index is 0.364. The summed E-state index contributed by atoms with van der Waals surface area (Å²) < 4.78 is 10.5. The van der Waals surface area contributed by atoms with Crippen LogP contribution >= 0.6 is 0 Å². The fourth-order valence-corrected chi connectivity index (χ4v) is 1.71. The molecule has 18 heavy (non-hydrogen) atoms. The first-order valence-corrected chi connectivity index (χ1v) is 5.51. The number of anilines is 2. The number of nitrogens with one attached hydrogen (secondary N) is 1. The Labute approximate surface area is 103 Å². The maximum Gasteiger partial charge on any atom is 0.197 e. The van der Waals surface area contributed by atoms with E-state index in [2.05, 4.69) is 15.5 Å². The van der Waals surface area contributed by atoms with Crippen LogP contribution in [0.4, 0.5) is 17.2 Å². The third-order valence-corrected chi connectivity index (χ3v) is 2.51. The van der Waals surface area contributed by atoms with Gasteiger partial charge in [0, 0.05) is 11.8 Å². The molecule has 3 N–H and O–H groups in total. The van der Waals surface area contributed by atoms with Crippen LogP contribution in [0.25, 0.3) is 0 Å². The first-order chi connectivity index (χ1) is 8.70. The number of aryl methyl sites for hydroxylation is 1. The van der Waals surface area contributed by atoms with E-state index in [1.807, 2.05) is 13.0 Å². The molecule has 0 unspecified atom stereocenters.